The van der Waals surface area contributed by atoms with Crippen LogP contribution in [0.5, 0.6) is 5.75 Å². The van der Waals surface area contributed by atoms with Gasteiger partial charge in [-0.05, 0) is 55.8 Å². The van der Waals surface area contributed by atoms with E-state index in [1.54, 1.807) is 7.11 Å². The van der Waals surface area contributed by atoms with Crippen LogP contribution in [-0.4, -0.2) is 19.7 Å². The molecular weight excluding hydrogens is 246 g/mol. The fraction of sp³-hybridized carbons (Fsp3) is 0.667. The molecule has 1 rings (SSSR count). The number of aryl methyl sites for hydroxylation is 1. The third-order valence-corrected chi connectivity index (χ3v) is 3.99. The van der Waals surface area contributed by atoms with Gasteiger partial charge in [0.1, 0.15) is 5.75 Å². The Bertz CT molecular complexity index is 347. The predicted molar refractivity (Wildman–Crippen MR) is 87.5 cm³/mol. The Morgan fingerprint density at radius 1 is 1.05 bits per heavy atom. The van der Waals surface area contributed by atoms with E-state index in [1.165, 1.54) is 31.2 Å². The second-order valence-corrected chi connectivity index (χ2v) is 5.71. The number of methoxy groups -OCH3 is 1. The van der Waals surface area contributed by atoms with Gasteiger partial charge in [0, 0.05) is 6.04 Å². The molecule has 0 radical (unpaired) electrons. The molecule has 0 spiro atoms. The molecule has 0 aliphatic heterocycles. The second-order valence-electron chi connectivity index (χ2n) is 5.71. The van der Waals surface area contributed by atoms with Gasteiger partial charge in [0.05, 0.1) is 7.11 Å². The van der Waals surface area contributed by atoms with Gasteiger partial charge in [-0.15, -0.1) is 0 Å². The lowest BCUT2D eigenvalue weighted by molar-refractivity contribution is 0.337. The summed E-state index contributed by atoms with van der Waals surface area (Å²) in [6.07, 6.45) is 6.14. The standard InChI is InChI=1S/C18H31NO/c1-5-7-15(3)18(19-14-6-2)13-10-16-8-11-17(20-4)12-9-16/h8-9,11-12,15,18-19H,5-7,10,13-14H2,1-4H3. The first-order chi connectivity index (χ1) is 9.71. The van der Waals surface area contributed by atoms with Crippen molar-refractivity contribution in [1.29, 1.82) is 0 Å². The molecule has 1 N–H and O–H groups in total. The van der Waals surface area contributed by atoms with Gasteiger partial charge >= 0.3 is 0 Å². The van der Waals surface area contributed by atoms with Gasteiger partial charge in [0.15, 0.2) is 0 Å². The van der Waals surface area contributed by atoms with Crippen LogP contribution < -0.4 is 10.1 Å². The monoisotopic (exact) mass is 277 g/mol. The summed E-state index contributed by atoms with van der Waals surface area (Å²) in [6.45, 7) is 8.01. The summed E-state index contributed by atoms with van der Waals surface area (Å²) in [6, 6.07) is 9.11. The maximum atomic E-state index is 5.21. The van der Waals surface area contributed by atoms with Crippen molar-refractivity contribution in [2.24, 2.45) is 5.92 Å². The Morgan fingerprint density at radius 2 is 1.75 bits per heavy atom. The zero-order chi connectivity index (χ0) is 14.8. The smallest absolute Gasteiger partial charge is 0.118 e. The van der Waals surface area contributed by atoms with Crippen LogP contribution in [-0.2, 0) is 6.42 Å². The number of hydrogen-bond acceptors (Lipinski definition) is 2. The zero-order valence-corrected chi connectivity index (χ0v) is 13.6. The highest BCUT2D eigenvalue weighted by molar-refractivity contribution is 5.27. The minimum absolute atomic E-state index is 0.636. The van der Waals surface area contributed by atoms with Crippen LogP contribution in [0.3, 0.4) is 0 Å². The molecule has 20 heavy (non-hydrogen) atoms. The molecule has 0 saturated heterocycles. The fourth-order valence-electron chi connectivity index (χ4n) is 2.69. The number of hydrogen-bond donors (Lipinski definition) is 1. The van der Waals surface area contributed by atoms with E-state index >= 15 is 0 Å². The third kappa shape index (κ3) is 5.96. The van der Waals surface area contributed by atoms with Crippen molar-refractivity contribution in [1.82, 2.24) is 5.32 Å². The van der Waals surface area contributed by atoms with Crippen LogP contribution in [0.2, 0.25) is 0 Å². The predicted octanol–water partition coefficient (Wildman–Crippen LogP) is 4.43. The summed E-state index contributed by atoms with van der Waals surface area (Å²) < 4.78 is 5.21. The molecule has 0 amide bonds. The first-order valence-corrected chi connectivity index (χ1v) is 8.07. The molecule has 0 bridgehead atoms. The molecule has 0 aromatic heterocycles. The van der Waals surface area contributed by atoms with E-state index in [4.69, 9.17) is 4.74 Å². The summed E-state index contributed by atoms with van der Waals surface area (Å²) in [5.74, 6) is 1.69. The molecule has 1 aromatic carbocycles. The van der Waals surface area contributed by atoms with E-state index in [2.05, 4.69) is 50.4 Å². The Hall–Kier alpha value is -1.02. The first-order valence-electron chi connectivity index (χ1n) is 8.07. The summed E-state index contributed by atoms with van der Waals surface area (Å²) in [5, 5.41) is 3.72. The number of ether oxygens (including phenoxy) is 1. The molecule has 2 atom stereocenters. The average Bonchev–Trinajstić information content (AvgIpc) is 2.48. The summed E-state index contributed by atoms with van der Waals surface area (Å²) in [7, 11) is 1.71. The molecule has 1 aromatic rings. The zero-order valence-electron chi connectivity index (χ0n) is 13.6. The molecule has 0 saturated carbocycles. The van der Waals surface area contributed by atoms with Crippen LogP contribution in [0, 0.1) is 5.92 Å². The highest BCUT2D eigenvalue weighted by Crippen LogP contribution is 2.18. The highest BCUT2D eigenvalue weighted by atomic mass is 16.5. The maximum Gasteiger partial charge on any atom is 0.118 e. The SMILES string of the molecule is CCCNC(CCc1ccc(OC)cc1)C(C)CCC. The Kier molecular flexibility index (Phi) is 8.36. The van der Waals surface area contributed by atoms with Crippen LogP contribution in [0.4, 0.5) is 0 Å². The largest absolute Gasteiger partial charge is 0.497 e. The third-order valence-electron chi connectivity index (χ3n) is 3.99. The molecule has 0 fully saturated rings. The van der Waals surface area contributed by atoms with Crippen LogP contribution >= 0.6 is 0 Å². The molecule has 2 nitrogen and oxygen atoms in total. The van der Waals surface area contributed by atoms with Crippen molar-refractivity contribution in [2.75, 3.05) is 13.7 Å². The Balaban J connectivity index is 2.50. The molecular formula is C18H31NO. The van der Waals surface area contributed by atoms with Gasteiger partial charge in [-0.2, -0.15) is 0 Å². The van der Waals surface area contributed by atoms with Crippen molar-refractivity contribution in [2.45, 2.75) is 58.9 Å². The maximum absolute atomic E-state index is 5.21. The van der Waals surface area contributed by atoms with Gasteiger partial charge in [-0.1, -0.05) is 39.3 Å². The van der Waals surface area contributed by atoms with Gasteiger partial charge in [-0.3, -0.25) is 0 Å². The topological polar surface area (TPSA) is 21.3 Å². The van der Waals surface area contributed by atoms with E-state index < -0.39 is 0 Å². The lowest BCUT2D eigenvalue weighted by Gasteiger charge is -2.25. The van der Waals surface area contributed by atoms with E-state index in [0.717, 1.165) is 24.6 Å². The normalized spacial score (nSPS) is 14.0. The van der Waals surface area contributed by atoms with Gasteiger partial charge < -0.3 is 10.1 Å². The lowest BCUT2D eigenvalue weighted by Crippen LogP contribution is -2.36. The van der Waals surface area contributed by atoms with E-state index in [-0.39, 0.29) is 0 Å². The first kappa shape index (κ1) is 17.0. The molecule has 0 heterocycles. The minimum atomic E-state index is 0.636. The van der Waals surface area contributed by atoms with Crippen molar-refractivity contribution in [3.05, 3.63) is 29.8 Å². The van der Waals surface area contributed by atoms with Crippen molar-refractivity contribution < 1.29 is 4.74 Å². The minimum Gasteiger partial charge on any atom is -0.497 e. The number of nitrogens with one attached hydrogen (secondary N) is 1. The van der Waals surface area contributed by atoms with Crippen molar-refractivity contribution in [3.63, 3.8) is 0 Å². The molecule has 0 aliphatic rings. The van der Waals surface area contributed by atoms with Crippen LogP contribution in [0.1, 0.15) is 52.0 Å². The highest BCUT2D eigenvalue weighted by Gasteiger charge is 2.15. The van der Waals surface area contributed by atoms with E-state index in [1.807, 2.05) is 0 Å². The summed E-state index contributed by atoms with van der Waals surface area (Å²) >= 11 is 0. The van der Waals surface area contributed by atoms with Crippen molar-refractivity contribution in [3.8, 4) is 5.75 Å². The molecule has 2 heteroatoms. The van der Waals surface area contributed by atoms with Crippen LogP contribution in [0.25, 0.3) is 0 Å². The van der Waals surface area contributed by atoms with E-state index in [9.17, 15) is 0 Å². The molecule has 0 aliphatic carbocycles. The van der Waals surface area contributed by atoms with Gasteiger partial charge in [0.2, 0.25) is 0 Å². The molecule has 2 unspecified atom stereocenters. The number of rotatable bonds is 10. The fourth-order valence-corrected chi connectivity index (χ4v) is 2.69. The van der Waals surface area contributed by atoms with Crippen LogP contribution in [0.15, 0.2) is 24.3 Å². The summed E-state index contributed by atoms with van der Waals surface area (Å²) in [5.41, 5.74) is 1.40. The van der Waals surface area contributed by atoms with E-state index in [0.29, 0.717) is 6.04 Å². The quantitative estimate of drug-likeness (QED) is 0.683. The Labute approximate surface area is 124 Å². The van der Waals surface area contributed by atoms with Gasteiger partial charge in [-0.25, -0.2) is 0 Å². The Morgan fingerprint density at radius 3 is 2.30 bits per heavy atom. The average molecular weight is 277 g/mol. The van der Waals surface area contributed by atoms with Crippen molar-refractivity contribution >= 4 is 0 Å². The summed E-state index contributed by atoms with van der Waals surface area (Å²) in [4.78, 5) is 0. The van der Waals surface area contributed by atoms with Gasteiger partial charge in [0.25, 0.3) is 0 Å². The number of benzene rings is 1. The molecule has 114 valence electrons. The second kappa shape index (κ2) is 9.82. The lowest BCUT2D eigenvalue weighted by atomic mass is 9.91.